The fraction of sp³-hybridized carbons (Fsp3) is 0.417. The van der Waals surface area contributed by atoms with E-state index in [0.29, 0.717) is 12.1 Å². The first kappa shape index (κ1) is 14.4. The molecule has 0 heterocycles. The summed E-state index contributed by atoms with van der Waals surface area (Å²) in [6.45, 7) is -0.970. The van der Waals surface area contributed by atoms with Crippen molar-refractivity contribution in [2.45, 2.75) is 32.4 Å². The molecule has 100 valence electrons. The molecule has 1 amide bonds. The minimum atomic E-state index is -2.89. The average molecular weight is 258 g/mol. The van der Waals surface area contributed by atoms with Crippen molar-refractivity contribution in [1.29, 1.82) is 0 Å². The standard InChI is InChI=1S/C12H16F2N2O2/c1-2-4-10(15)11(17)16-8-5-3-6-9(7-8)18-12(13)14/h3,5-7,10,12H,2,4,15H2,1H3,(H,16,17)/t10-/m0/s1. The molecule has 0 aliphatic rings. The van der Waals surface area contributed by atoms with Crippen molar-refractivity contribution >= 4 is 11.6 Å². The van der Waals surface area contributed by atoms with Crippen molar-refractivity contribution in [3.63, 3.8) is 0 Å². The first-order valence-electron chi connectivity index (χ1n) is 5.64. The zero-order chi connectivity index (χ0) is 13.5. The van der Waals surface area contributed by atoms with Crippen molar-refractivity contribution in [3.05, 3.63) is 24.3 Å². The van der Waals surface area contributed by atoms with Crippen LogP contribution in [0.4, 0.5) is 14.5 Å². The van der Waals surface area contributed by atoms with Gasteiger partial charge in [-0.05, 0) is 18.6 Å². The molecule has 3 N–H and O–H groups in total. The second-order valence-corrected chi connectivity index (χ2v) is 3.79. The van der Waals surface area contributed by atoms with Crippen molar-refractivity contribution < 1.29 is 18.3 Å². The van der Waals surface area contributed by atoms with Gasteiger partial charge < -0.3 is 15.8 Å². The highest BCUT2D eigenvalue weighted by molar-refractivity contribution is 5.94. The summed E-state index contributed by atoms with van der Waals surface area (Å²) >= 11 is 0. The van der Waals surface area contributed by atoms with E-state index in [1.165, 1.54) is 18.2 Å². The van der Waals surface area contributed by atoms with Gasteiger partial charge in [0.1, 0.15) is 5.75 Å². The number of halogens is 2. The smallest absolute Gasteiger partial charge is 0.387 e. The summed E-state index contributed by atoms with van der Waals surface area (Å²) in [7, 11) is 0. The Balaban J connectivity index is 2.64. The molecule has 0 unspecified atom stereocenters. The van der Waals surface area contributed by atoms with Gasteiger partial charge in [0.15, 0.2) is 0 Å². The maximum atomic E-state index is 12.0. The molecule has 1 aromatic carbocycles. The molecule has 18 heavy (non-hydrogen) atoms. The van der Waals surface area contributed by atoms with Crippen LogP contribution in [0, 0.1) is 0 Å². The molecule has 0 spiro atoms. The molecule has 0 fully saturated rings. The van der Waals surface area contributed by atoms with Gasteiger partial charge in [-0.2, -0.15) is 8.78 Å². The number of nitrogens with one attached hydrogen (secondary N) is 1. The molecule has 0 saturated carbocycles. The van der Waals surface area contributed by atoms with E-state index in [1.807, 2.05) is 6.92 Å². The highest BCUT2D eigenvalue weighted by atomic mass is 19.3. The van der Waals surface area contributed by atoms with Crippen LogP contribution in [-0.4, -0.2) is 18.6 Å². The predicted octanol–water partition coefficient (Wildman–Crippen LogP) is 2.35. The van der Waals surface area contributed by atoms with E-state index in [4.69, 9.17) is 5.73 Å². The van der Waals surface area contributed by atoms with Gasteiger partial charge in [0.25, 0.3) is 0 Å². The second kappa shape index (κ2) is 6.90. The summed E-state index contributed by atoms with van der Waals surface area (Å²) in [4.78, 5) is 11.6. The number of benzene rings is 1. The second-order valence-electron chi connectivity index (χ2n) is 3.79. The maximum absolute atomic E-state index is 12.0. The lowest BCUT2D eigenvalue weighted by molar-refractivity contribution is -0.117. The van der Waals surface area contributed by atoms with Crippen molar-refractivity contribution in [2.75, 3.05) is 5.32 Å². The highest BCUT2D eigenvalue weighted by Crippen LogP contribution is 2.19. The largest absolute Gasteiger partial charge is 0.435 e. The third kappa shape index (κ3) is 4.67. The Labute approximate surface area is 104 Å². The number of amides is 1. The Morgan fingerprint density at radius 2 is 2.22 bits per heavy atom. The Kier molecular flexibility index (Phi) is 5.51. The molecule has 6 heteroatoms. The van der Waals surface area contributed by atoms with Crippen LogP contribution in [-0.2, 0) is 4.79 Å². The molecule has 0 aliphatic carbocycles. The maximum Gasteiger partial charge on any atom is 0.387 e. The van der Waals surface area contributed by atoms with Crippen molar-refractivity contribution in [3.8, 4) is 5.75 Å². The molecule has 1 rings (SSSR count). The fourth-order valence-electron chi connectivity index (χ4n) is 1.43. The summed E-state index contributed by atoms with van der Waals surface area (Å²) < 4.78 is 28.3. The summed E-state index contributed by atoms with van der Waals surface area (Å²) in [5.41, 5.74) is 6.01. The number of ether oxygens (including phenoxy) is 1. The van der Waals surface area contributed by atoms with Crippen LogP contribution in [0.15, 0.2) is 24.3 Å². The third-order valence-corrected chi connectivity index (χ3v) is 2.26. The van der Waals surface area contributed by atoms with Gasteiger partial charge >= 0.3 is 6.61 Å². The minimum Gasteiger partial charge on any atom is -0.435 e. The molecule has 0 saturated heterocycles. The van der Waals surface area contributed by atoms with E-state index in [2.05, 4.69) is 10.1 Å². The summed E-state index contributed by atoms with van der Waals surface area (Å²) in [6.07, 6.45) is 1.36. The minimum absolute atomic E-state index is 0.00753. The number of hydrogen-bond acceptors (Lipinski definition) is 3. The first-order chi connectivity index (χ1) is 8.52. The van der Waals surface area contributed by atoms with Crippen molar-refractivity contribution in [1.82, 2.24) is 0 Å². The van der Waals surface area contributed by atoms with Crippen LogP contribution in [0.2, 0.25) is 0 Å². The van der Waals surface area contributed by atoms with Crippen LogP contribution in [0.25, 0.3) is 0 Å². The van der Waals surface area contributed by atoms with E-state index in [1.54, 1.807) is 6.07 Å². The van der Waals surface area contributed by atoms with E-state index < -0.39 is 12.7 Å². The van der Waals surface area contributed by atoms with Gasteiger partial charge in [-0.25, -0.2) is 0 Å². The topological polar surface area (TPSA) is 64.4 Å². The normalized spacial score (nSPS) is 12.3. The predicted molar refractivity (Wildman–Crippen MR) is 64.6 cm³/mol. The zero-order valence-electron chi connectivity index (χ0n) is 10.0. The van der Waals surface area contributed by atoms with Crippen molar-refractivity contribution in [2.24, 2.45) is 5.73 Å². The highest BCUT2D eigenvalue weighted by Gasteiger charge is 2.12. The molecule has 0 aromatic heterocycles. The SMILES string of the molecule is CCC[C@H](N)C(=O)Nc1cccc(OC(F)F)c1. The Morgan fingerprint density at radius 1 is 1.50 bits per heavy atom. The molecule has 1 aromatic rings. The Morgan fingerprint density at radius 3 is 2.83 bits per heavy atom. The van der Waals surface area contributed by atoms with Gasteiger partial charge in [-0.1, -0.05) is 19.4 Å². The van der Waals surface area contributed by atoms with Crippen LogP contribution in [0.5, 0.6) is 5.75 Å². The Hall–Kier alpha value is -1.69. The number of alkyl halides is 2. The lowest BCUT2D eigenvalue weighted by atomic mass is 10.1. The molecule has 4 nitrogen and oxygen atoms in total. The number of rotatable bonds is 6. The monoisotopic (exact) mass is 258 g/mol. The van der Waals surface area contributed by atoms with Crippen LogP contribution in [0.3, 0.4) is 0 Å². The molecule has 1 atom stereocenters. The quantitative estimate of drug-likeness (QED) is 0.823. The van der Waals surface area contributed by atoms with Gasteiger partial charge in [0.05, 0.1) is 6.04 Å². The van der Waals surface area contributed by atoms with E-state index in [0.717, 1.165) is 6.42 Å². The van der Waals surface area contributed by atoms with Crippen LogP contribution >= 0.6 is 0 Å². The number of anilines is 1. The first-order valence-corrected chi connectivity index (χ1v) is 5.64. The summed E-state index contributed by atoms with van der Waals surface area (Å²) in [5, 5.41) is 2.55. The molecule has 0 bridgehead atoms. The molecule has 0 aliphatic heterocycles. The number of carbonyl (C=O) groups excluding carboxylic acids is 1. The lowest BCUT2D eigenvalue weighted by Gasteiger charge is -2.12. The molecule has 0 radical (unpaired) electrons. The Bertz CT molecular complexity index is 399. The average Bonchev–Trinajstić information content (AvgIpc) is 2.28. The summed E-state index contributed by atoms with van der Waals surface area (Å²) in [6, 6.07) is 5.19. The van der Waals surface area contributed by atoms with Gasteiger partial charge in [-0.15, -0.1) is 0 Å². The van der Waals surface area contributed by atoms with Crippen LogP contribution in [0.1, 0.15) is 19.8 Å². The number of nitrogens with two attached hydrogens (primary N) is 1. The summed E-state index contributed by atoms with van der Waals surface area (Å²) in [5.74, 6) is -0.349. The zero-order valence-corrected chi connectivity index (χ0v) is 10.0. The lowest BCUT2D eigenvalue weighted by Crippen LogP contribution is -2.35. The number of carbonyl (C=O) groups is 1. The molecular weight excluding hydrogens is 242 g/mol. The van der Waals surface area contributed by atoms with Gasteiger partial charge in [0.2, 0.25) is 5.91 Å². The van der Waals surface area contributed by atoms with Crippen LogP contribution < -0.4 is 15.8 Å². The van der Waals surface area contributed by atoms with E-state index >= 15 is 0 Å². The van der Waals surface area contributed by atoms with Gasteiger partial charge in [0, 0.05) is 11.8 Å². The molecular formula is C12H16F2N2O2. The third-order valence-electron chi connectivity index (χ3n) is 2.26. The fourth-order valence-corrected chi connectivity index (χ4v) is 1.43. The van der Waals surface area contributed by atoms with E-state index in [-0.39, 0.29) is 11.7 Å². The van der Waals surface area contributed by atoms with E-state index in [9.17, 15) is 13.6 Å². The van der Waals surface area contributed by atoms with Gasteiger partial charge in [-0.3, -0.25) is 4.79 Å². The number of hydrogen-bond donors (Lipinski definition) is 2.